The van der Waals surface area contributed by atoms with Crippen LogP contribution in [0.15, 0.2) is 48.0 Å². The minimum atomic E-state index is -0.743. The summed E-state index contributed by atoms with van der Waals surface area (Å²) in [7, 11) is 1.49. The highest BCUT2D eigenvalue weighted by atomic mass is 35.5. The van der Waals surface area contributed by atoms with Crippen LogP contribution in [-0.4, -0.2) is 79.7 Å². The van der Waals surface area contributed by atoms with Crippen molar-refractivity contribution in [3.8, 4) is 11.5 Å². The highest BCUT2D eigenvalue weighted by Crippen LogP contribution is 2.40. The van der Waals surface area contributed by atoms with Gasteiger partial charge in [-0.05, 0) is 42.8 Å². The Balaban J connectivity index is 1.73. The molecule has 2 heterocycles. The number of morpholine rings is 1. The molecule has 186 valence electrons. The Hall–Kier alpha value is -3.07. The molecular formula is C26H29ClN2O6. The molecular weight excluding hydrogens is 472 g/mol. The van der Waals surface area contributed by atoms with E-state index >= 15 is 0 Å². The SMILES string of the molecule is CCOc1ccc([C@@H]2/C(=C(\O)c3ccc(OC)c(Cl)c3)C(=O)C(=O)N2CCN2CCOCC2)cc1. The summed E-state index contributed by atoms with van der Waals surface area (Å²) >= 11 is 6.26. The van der Waals surface area contributed by atoms with Gasteiger partial charge in [0, 0.05) is 31.7 Å². The molecule has 35 heavy (non-hydrogen) atoms. The highest BCUT2D eigenvalue weighted by Gasteiger charge is 2.46. The lowest BCUT2D eigenvalue weighted by atomic mass is 9.95. The van der Waals surface area contributed by atoms with Crippen LogP contribution in [0.25, 0.3) is 5.76 Å². The van der Waals surface area contributed by atoms with E-state index in [-0.39, 0.29) is 16.4 Å². The second-order valence-electron chi connectivity index (χ2n) is 8.30. The predicted octanol–water partition coefficient (Wildman–Crippen LogP) is 3.50. The summed E-state index contributed by atoms with van der Waals surface area (Å²) in [5.74, 6) is -0.519. The average molecular weight is 501 g/mol. The third-order valence-electron chi connectivity index (χ3n) is 6.23. The van der Waals surface area contributed by atoms with Gasteiger partial charge < -0.3 is 24.2 Å². The first-order valence-electron chi connectivity index (χ1n) is 11.6. The quantitative estimate of drug-likeness (QED) is 0.337. The molecule has 0 radical (unpaired) electrons. The number of hydrogen-bond acceptors (Lipinski definition) is 7. The summed E-state index contributed by atoms with van der Waals surface area (Å²) in [6.45, 7) is 6.16. The van der Waals surface area contributed by atoms with Crippen molar-refractivity contribution in [2.75, 3.05) is 53.1 Å². The Morgan fingerprint density at radius 3 is 2.46 bits per heavy atom. The number of aliphatic hydroxyl groups excluding tert-OH is 1. The monoisotopic (exact) mass is 500 g/mol. The topological polar surface area (TPSA) is 88.5 Å². The molecule has 9 heteroatoms. The van der Waals surface area contributed by atoms with Gasteiger partial charge in [0.15, 0.2) is 0 Å². The molecule has 1 N–H and O–H groups in total. The number of carbonyl (C=O) groups is 2. The number of carbonyl (C=O) groups excluding carboxylic acids is 2. The fourth-order valence-corrected chi connectivity index (χ4v) is 4.67. The molecule has 0 unspecified atom stereocenters. The van der Waals surface area contributed by atoms with E-state index in [0.29, 0.717) is 55.5 Å². The Bertz CT molecular complexity index is 1110. The van der Waals surface area contributed by atoms with Crippen molar-refractivity contribution in [1.82, 2.24) is 9.80 Å². The molecule has 0 saturated carbocycles. The number of hydrogen-bond donors (Lipinski definition) is 1. The largest absolute Gasteiger partial charge is 0.507 e. The van der Waals surface area contributed by atoms with Crippen molar-refractivity contribution in [3.05, 3.63) is 64.2 Å². The molecule has 1 atom stereocenters. The van der Waals surface area contributed by atoms with Crippen LogP contribution in [0.4, 0.5) is 0 Å². The predicted molar refractivity (Wildman–Crippen MR) is 132 cm³/mol. The van der Waals surface area contributed by atoms with Crippen molar-refractivity contribution < 1.29 is 28.9 Å². The van der Waals surface area contributed by atoms with Crippen molar-refractivity contribution in [2.24, 2.45) is 0 Å². The molecule has 0 aromatic heterocycles. The maximum Gasteiger partial charge on any atom is 0.295 e. The fourth-order valence-electron chi connectivity index (χ4n) is 4.41. The standard InChI is InChI=1S/C26H29ClN2O6/c1-3-35-19-7-4-17(5-8-19)23-22(24(30)18-6-9-21(33-2)20(27)16-18)25(31)26(32)29(23)11-10-28-12-14-34-15-13-28/h4-9,16,23,30H,3,10-15H2,1-2H3/b24-22+/t23-/m1/s1. The zero-order chi connectivity index (χ0) is 24.9. The van der Waals surface area contributed by atoms with Crippen LogP contribution in [0.5, 0.6) is 11.5 Å². The third kappa shape index (κ3) is 5.29. The molecule has 0 bridgehead atoms. The van der Waals surface area contributed by atoms with E-state index in [1.165, 1.54) is 18.1 Å². The van der Waals surface area contributed by atoms with Crippen LogP contribution in [0.2, 0.25) is 5.02 Å². The number of likely N-dealkylation sites (tertiary alicyclic amines) is 1. The van der Waals surface area contributed by atoms with Gasteiger partial charge in [-0.15, -0.1) is 0 Å². The zero-order valence-corrected chi connectivity index (χ0v) is 20.6. The minimum Gasteiger partial charge on any atom is -0.507 e. The lowest BCUT2D eigenvalue weighted by Crippen LogP contribution is -2.42. The molecule has 1 amide bonds. The number of Topliss-reactive ketones (excluding diaryl/α,β-unsaturated/α-hetero) is 1. The Morgan fingerprint density at radius 2 is 1.83 bits per heavy atom. The van der Waals surface area contributed by atoms with Gasteiger partial charge in [-0.1, -0.05) is 23.7 Å². The zero-order valence-electron chi connectivity index (χ0n) is 19.8. The van der Waals surface area contributed by atoms with Crippen molar-refractivity contribution in [1.29, 1.82) is 0 Å². The van der Waals surface area contributed by atoms with E-state index in [4.69, 9.17) is 25.8 Å². The first-order chi connectivity index (χ1) is 16.9. The number of aliphatic hydroxyl groups is 1. The molecule has 2 aliphatic rings. The molecule has 0 spiro atoms. The first kappa shape index (κ1) is 25.0. The summed E-state index contributed by atoms with van der Waals surface area (Å²) < 4.78 is 16.1. The number of rotatable bonds is 8. The maximum absolute atomic E-state index is 13.2. The molecule has 2 saturated heterocycles. The van der Waals surface area contributed by atoms with Gasteiger partial charge in [-0.25, -0.2) is 0 Å². The number of amides is 1. The lowest BCUT2D eigenvalue weighted by molar-refractivity contribution is -0.140. The fraction of sp³-hybridized carbons (Fsp3) is 0.385. The Morgan fingerprint density at radius 1 is 1.11 bits per heavy atom. The molecule has 4 rings (SSSR count). The maximum atomic E-state index is 13.2. The van der Waals surface area contributed by atoms with Gasteiger partial charge in [0.1, 0.15) is 17.3 Å². The van der Waals surface area contributed by atoms with Crippen LogP contribution in [-0.2, 0) is 14.3 Å². The second-order valence-corrected chi connectivity index (χ2v) is 8.71. The van der Waals surface area contributed by atoms with E-state index in [1.807, 2.05) is 19.1 Å². The van der Waals surface area contributed by atoms with E-state index in [0.717, 1.165) is 13.1 Å². The van der Waals surface area contributed by atoms with Crippen LogP contribution in [0.1, 0.15) is 24.1 Å². The van der Waals surface area contributed by atoms with Crippen LogP contribution in [0, 0.1) is 0 Å². The first-order valence-corrected chi connectivity index (χ1v) is 12.0. The number of methoxy groups -OCH3 is 1. The average Bonchev–Trinajstić information content (AvgIpc) is 3.13. The van der Waals surface area contributed by atoms with Crippen LogP contribution >= 0.6 is 11.6 Å². The van der Waals surface area contributed by atoms with E-state index in [9.17, 15) is 14.7 Å². The lowest BCUT2D eigenvalue weighted by Gasteiger charge is -2.31. The van der Waals surface area contributed by atoms with Crippen molar-refractivity contribution >= 4 is 29.1 Å². The summed E-state index contributed by atoms with van der Waals surface area (Å²) in [4.78, 5) is 30.1. The van der Waals surface area contributed by atoms with E-state index < -0.39 is 17.7 Å². The normalized spacial score (nSPS) is 20.3. The third-order valence-corrected chi connectivity index (χ3v) is 6.53. The number of ether oxygens (including phenoxy) is 3. The summed E-state index contributed by atoms with van der Waals surface area (Å²) in [6.07, 6.45) is 0. The van der Waals surface area contributed by atoms with E-state index in [1.54, 1.807) is 24.3 Å². The number of halogens is 1. The van der Waals surface area contributed by atoms with E-state index in [2.05, 4.69) is 4.90 Å². The van der Waals surface area contributed by atoms with Gasteiger partial charge in [0.05, 0.1) is 43.6 Å². The highest BCUT2D eigenvalue weighted by molar-refractivity contribution is 6.46. The van der Waals surface area contributed by atoms with Gasteiger partial charge >= 0.3 is 0 Å². The Labute approximate surface area is 209 Å². The number of nitrogens with zero attached hydrogens (tertiary/aromatic N) is 2. The summed E-state index contributed by atoms with van der Waals surface area (Å²) in [5.41, 5.74) is 1.07. The van der Waals surface area contributed by atoms with Crippen molar-refractivity contribution in [2.45, 2.75) is 13.0 Å². The molecule has 2 fully saturated rings. The Kier molecular flexibility index (Phi) is 7.95. The summed E-state index contributed by atoms with van der Waals surface area (Å²) in [5, 5.41) is 11.5. The van der Waals surface area contributed by atoms with Gasteiger partial charge in [0.2, 0.25) is 0 Å². The number of benzene rings is 2. The van der Waals surface area contributed by atoms with Gasteiger partial charge in [-0.3, -0.25) is 14.5 Å². The molecule has 8 nitrogen and oxygen atoms in total. The second kappa shape index (κ2) is 11.1. The van der Waals surface area contributed by atoms with Gasteiger partial charge in [0.25, 0.3) is 11.7 Å². The minimum absolute atomic E-state index is 0.0300. The summed E-state index contributed by atoms with van der Waals surface area (Å²) in [6, 6.07) is 11.2. The van der Waals surface area contributed by atoms with Crippen molar-refractivity contribution in [3.63, 3.8) is 0 Å². The number of ketones is 1. The molecule has 2 aromatic rings. The molecule has 2 aromatic carbocycles. The van der Waals surface area contributed by atoms with Crippen LogP contribution in [0.3, 0.4) is 0 Å². The van der Waals surface area contributed by atoms with Crippen LogP contribution < -0.4 is 9.47 Å². The smallest absolute Gasteiger partial charge is 0.295 e. The molecule has 0 aliphatic carbocycles. The molecule has 2 aliphatic heterocycles. The van der Waals surface area contributed by atoms with Gasteiger partial charge in [-0.2, -0.15) is 0 Å².